The third-order valence-corrected chi connectivity index (χ3v) is 2.69. The van der Waals surface area contributed by atoms with Gasteiger partial charge in [0.15, 0.2) is 0 Å². The maximum atomic E-state index is 9.05. The van der Waals surface area contributed by atoms with Gasteiger partial charge in [0.05, 0.1) is 17.7 Å². The van der Waals surface area contributed by atoms with E-state index in [2.05, 4.69) is 6.07 Å². The SMILES string of the molecule is CC(O)CSc1cccc(C#N)c1. The zero-order valence-electron chi connectivity index (χ0n) is 7.40. The van der Waals surface area contributed by atoms with Gasteiger partial charge in [-0.25, -0.2) is 0 Å². The topological polar surface area (TPSA) is 44.0 Å². The molecular weight excluding hydrogens is 182 g/mol. The van der Waals surface area contributed by atoms with E-state index in [1.807, 2.05) is 18.2 Å². The monoisotopic (exact) mass is 193 g/mol. The highest BCUT2D eigenvalue weighted by molar-refractivity contribution is 7.99. The van der Waals surface area contributed by atoms with Gasteiger partial charge in [0.1, 0.15) is 0 Å². The summed E-state index contributed by atoms with van der Waals surface area (Å²) in [5, 5.41) is 17.7. The van der Waals surface area contributed by atoms with E-state index in [4.69, 9.17) is 10.4 Å². The zero-order chi connectivity index (χ0) is 9.68. The summed E-state index contributed by atoms with van der Waals surface area (Å²) in [5.74, 6) is 0.662. The number of benzene rings is 1. The molecule has 0 saturated carbocycles. The first kappa shape index (κ1) is 10.1. The van der Waals surface area contributed by atoms with Crippen molar-refractivity contribution in [3.63, 3.8) is 0 Å². The minimum Gasteiger partial charge on any atom is -0.393 e. The Morgan fingerprint density at radius 3 is 3.00 bits per heavy atom. The van der Waals surface area contributed by atoms with Crippen molar-refractivity contribution < 1.29 is 5.11 Å². The highest BCUT2D eigenvalue weighted by Crippen LogP contribution is 2.19. The van der Waals surface area contributed by atoms with Crippen LogP contribution < -0.4 is 0 Å². The van der Waals surface area contributed by atoms with Gasteiger partial charge in [-0.15, -0.1) is 11.8 Å². The van der Waals surface area contributed by atoms with Crippen LogP contribution >= 0.6 is 11.8 Å². The predicted molar refractivity (Wildman–Crippen MR) is 53.6 cm³/mol. The van der Waals surface area contributed by atoms with Crippen LogP contribution in [0.25, 0.3) is 0 Å². The van der Waals surface area contributed by atoms with Crippen LogP contribution in [-0.4, -0.2) is 17.0 Å². The van der Waals surface area contributed by atoms with E-state index in [1.165, 1.54) is 0 Å². The molecule has 0 amide bonds. The average Bonchev–Trinajstić information content (AvgIpc) is 2.15. The molecule has 1 aromatic carbocycles. The van der Waals surface area contributed by atoms with Crippen LogP contribution in [0.4, 0.5) is 0 Å². The van der Waals surface area contributed by atoms with E-state index in [-0.39, 0.29) is 6.10 Å². The summed E-state index contributed by atoms with van der Waals surface area (Å²) in [7, 11) is 0. The molecule has 1 rings (SSSR count). The summed E-state index contributed by atoms with van der Waals surface area (Å²) in [6.45, 7) is 1.75. The molecule has 0 bridgehead atoms. The molecule has 0 spiro atoms. The van der Waals surface area contributed by atoms with E-state index < -0.39 is 0 Å². The number of hydrogen-bond donors (Lipinski definition) is 1. The van der Waals surface area contributed by atoms with Crippen LogP contribution in [0, 0.1) is 11.3 Å². The Morgan fingerprint density at radius 2 is 2.38 bits per heavy atom. The molecule has 1 aromatic rings. The van der Waals surface area contributed by atoms with E-state index in [0.29, 0.717) is 11.3 Å². The Morgan fingerprint density at radius 1 is 1.62 bits per heavy atom. The van der Waals surface area contributed by atoms with E-state index >= 15 is 0 Å². The van der Waals surface area contributed by atoms with Crippen LogP contribution in [0.15, 0.2) is 29.2 Å². The summed E-state index contributed by atoms with van der Waals surface area (Å²) in [5.41, 5.74) is 0.663. The second-order valence-corrected chi connectivity index (χ2v) is 3.89. The second-order valence-electron chi connectivity index (χ2n) is 2.80. The number of nitrogens with zero attached hydrogens (tertiary/aromatic N) is 1. The van der Waals surface area contributed by atoms with Gasteiger partial charge < -0.3 is 5.11 Å². The highest BCUT2D eigenvalue weighted by Gasteiger charge is 1.99. The molecule has 0 radical (unpaired) electrons. The van der Waals surface area contributed by atoms with Crippen molar-refractivity contribution in [1.29, 1.82) is 5.26 Å². The van der Waals surface area contributed by atoms with Crippen molar-refractivity contribution in [2.24, 2.45) is 0 Å². The fraction of sp³-hybridized carbons (Fsp3) is 0.300. The lowest BCUT2D eigenvalue weighted by Crippen LogP contribution is -2.02. The molecule has 1 atom stereocenters. The lowest BCUT2D eigenvalue weighted by molar-refractivity contribution is 0.220. The maximum Gasteiger partial charge on any atom is 0.0992 e. The van der Waals surface area contributed by atoms with Gasteiger partial charge in [0.2, 0.25) is 0 Å². The maximum absolute atomic E-state index is 9.05. The number of aliphatic hydroxyl groups excluding tert-OH is 1. The number of hydrogen-bond acceptors (Lipinski definition) is 3. The molecule has 1 unspecified atom stereocenters. The summed E-state index contributed by atoms with van der Waals surface area (Å²) in [6, 6.07) is 9.46. The summed E-state index contributed by atoms with van der Waals surface area (Å²) in [6.07, 6.45) is -0.309. The van der Waals surface area contributed by atoms with Gasteiger partial charge in [0.25, 0.3) is 0 Å². The largest absolute Gasteiger partial charge is 0.393 e. The first-order valence-electron chi connectivity index (χ1n) is 4.03. The van der Waals surface area contributed by atoms with Crippen LogP contribution in [0.1, 0.15) is 12.5 Å². The van der Waals surface area contributed by atoms with Gasteiger partial charge in [-0.2, -0.15) is 5.26 Å². The lowest BCUT2D eigenvalue weighted by Gasteiger charge is -2.03. The third-order valence-electron chi connectivity index (χ3n) is 1.45. The van der Waals surface area contributed by atoms with Crippen LogP contribution in [-0.2, 0) is 0 Å². The summed E-state index contributed by atoms with van der Waals surface area (Å²) < 4.78 is 0. The first-order valence-corrected chi connectivity index (χ1v) is 5.02. The molecule has 2 nitrogen and oxygen atoms in total. The fourth-order valence-corrected chi connectivity index (χ4v) is 1.69. The summed E-state index contributed by atoms with van der Waals surface area (Å²) >= 11 is 1.56. The molecule has 3 heteroatoms. The van der Waals surface area contributed by atoms with Crippen LogP contribution in [0.2, 0.25) is 0 Å². The van der Waals surface area contributed by atoms with Gasteiger partial charge in [-0.3, -0.25) is 0 Å². The molecule has 0 aromatic heterocycles. The quantitative estimate of drug-likeness (QED) is 0.747. The van der Waals surface area contributed by atoms with Crippen LogP contribution in [0.5, 0.6) is 0 Å². The molecule has 68 valence electrons. The summed E-state index contributed by atoms with van der Waals surface area (Å²) in [4.78, 5) is 1.03. The normalized spacial score (nSPS) is 12.1. The van der Waals surface area contributed by atoms with Crippen molar-refractivity contribution in [3.05, 3.63) is 29.8 Å². The van der Waals surface area contributed by atoms with Crippen molar-refractivity contribution in [2.75, 3.05) is 5.75 Å². The van der Waals surface area contributed by atoms with Crippen molar-refractivity contribution in [3.8, 4) is 6.07 Å². The fourth-order valence-electron chi connectivity index (χ4n) is 0.872. The molecule has 1 N–H and O–H groups in total. The smallest absolute Gasteiger partial charge is 0.0992 e. The Kier molecular flexibility index (Phi) is 3.81. The Labute approximate surface area is 82.2 Å². The molecule has 0 heterocycles. The molecule has 0 saturated heterocycles. The lowest BCUT2D eigenvalue weighted by atomic mass is 10.2. The first-order chi connectivity index (χ1) is 6.22. The van der Waals surface area contributed by atoms with Crippen molar-refractivity contribution in [2.45, 2.75) is 17.9 Å². The van der Waals surface area contributed by atoms with Crippen molar-refractivity contribution in [1.82, 2.24) is 0 Å². The van der Waals surface area contributed by atoms with Gasteiger partial charge in [0, 0.05) is 10.6 Å². The zero-order valence-corrected chi connectivity index (χ0v) is 8.21. The predicted octanol–water partition coefficient (Wildman–Crippen LogP) is 2.03. The minimum absolute atomic E-state index is 0.309. The number of nitriles is 1. The standard InChI is InChI=1S/C10H11NOS/c1-8(12)7-13-10-4-2-3-9(5-10)6-11/h2-5,8,12H,7H2,1H3. The van der Waals surface area contributed by atoms with Gasteiger partial charge >= 0.3 is 0 Å². The Balaban J connectivity index is 2.63. The molecule has 0 aliphatic heterocycles. The average molecular weight is 193 g/mol. The van der Waals surface area contributed by atoms with E-state index in [0.717, 1.165) is 4.90 Å². The van der Waals surface area contributed by atoms with Gasteiger partial charge in [-0.05, 0) is 25.1 Å². The molecule has 13 heavy (non-hydrogen) atoms. The highest BCUT2D eigenvalue weighted by atomic mass is 32.2. The van der Waals surface area contributed by atoms with Gasteiger partial charge in [-0.1, -0.05) is 6.07 Å². The second kappa shape index (κ2) is 4.90. The molecule has 0 aliphatic rings. The Hall–Kier alpha value is -0.980. The van der Waals surface area contributed by atoms with Crippen molar-refractivity contribution >= 4 is 11.8 Å². The number of rotatable bonds is 3. The third kappa shape index (κ3) is 3.49. The molecular formula is C10H11NOS. The number of thioether (sulfide) groups is 1. The number of aliphatic hydroxyl groups is 1. The van der Waals surface area contributed by atoms with E-state index in [1.54, 1.807) is 24.8 Å². The minimum atomic E-state index is -0.309. The van der Waals surface area contributed by atoms with E-state index in [9.17, 15) is 0 Å². The Bertz CT molecular complexity index is 317. The molecule has 0 aliphatic carbocycles. The van der Waals surface area contributed by atoms with Crippen LogP contribution in [0.3, 0.4) is 0 Å². The molecule has 0 fully saturated rings.